The van der Waals surface area contributed by atoms with Crippen molar-refractivity contribution in [2.24, 2.45) is 5.41 Å². The van der Waals surface area contributed by atoms with Gasteiger partial charge in [-0.15, -0.1) is 0 Å². The van der Waals surface area contributed by atoms with Gasteiger partial charge in [-0.25, -0.2) is 9.97 Å². The quantitative estimate of drug-likeness (QED) is 0.578. The Balaban J connectivity index is 1.05. The Morgan fingerprint density at radius 1 is 1.05 bits per heavy atom. The predicted molar refractivity (Wildman–Crippen MR) is 134 cm³/mol. The summed E-state index contributed by atoms with van der Waals surface area (Å²) in [7, 11) is 1.53. The van der Waals surface area contributed by atoms with Crippen LogP contribution in [0.25, 0.3) is 0 Å². The molecule has 196 valence electrons. The summed E-state index contributed by atoms with van der Waals surface area (Å²) in [5.41, 5.74) is 1.21. The maximum Gasteiger partial charge on any atom is 0.316 e. The van der Waals surface area contributed by atoms with Crippen molar-refractivity contribution in [2.45, 2.75) is 88.6 Å². The van der Waals surface area contributed by atoms with Gasteiger partial charge in [-0.3, -0.25) is 4.79 Å². The van der Waals surface area contributed by atoms with E-state index in [1.54, 1.807) is 18.2 Å². The van der Waals surface area contributed by atoms with E-state index in [0.717, 1.165) is 64.2 Å². The lowest BCUT2D eigenvalue weighted by Gasteiger charge is -2.50. The Bertz CT molecular complexity index is 1120. The molecule has 3 saturated carbocycles. The van der Waals surface area contributed by atoms with E-state index in [1.807, 2.05) is 0 Å². The highest BCUT2D eigenvalue weighted by Crippen LogP contribution is 2.52. The van der Waals surface area contributed by atoms with E-state index in [0.29, 0.717) is 34.1 Å². The summed E-state index contributed by atoms with van der Waals surface area (Å²) in [6, 6.07) is 7.70. The van der Waals surface area contributed by atoms with Gasteiger partial charge in [-0.05, 0) is 81.8 Å². The van der Waals surface area contributed by atoms with E-state index in [2.05, 4.69) is 21.4 Å². The Labute approximate surface area is 217 Å². The van der Waals surface area contributed by atoms with Crippen molar-refractivity contribution in [3.8, 4) is 23.6 Å². The average molecular weight is 507 g/mol. The monoisotopic (exact) mass is 506 g/mol. The molecule has 2 N–H and O–H groups in total. The normalized spacial score (nSPS) is 29.0. The van der Waals surface area contributed by atoms with Gasteiger partial charge in [0.25, 0.3) is 5.91 Å². The van der Waals surface area contributed by atoms with Crippen LogP contribution in [0.2, 0.25) is 0 Å². The molecule has 37 heavy (non-hydrogen) atoms. The zero-order valence-corrected chi connectivity index (χ0v) is 21.2. The molecule has 5 rings (SSSR count). The number of rotatable bonds is 7. The molecule has 0 radical (unpaired) electrons. The summed E-state index contributed by atoms with van der Waals surface area (Å²) in [4.78, 5) is 21.2. The Kier molecular flexibility index (Phi) is 7.47. The smallest absolute Gasteiger partial charge is 0.316 e. The summed E-state index contributed by atoms with van der Waals surface area (Å²) >= 11 is 0. The third-order valence-corrected chi connectivity index (χ3v) is 8.11. The predicted octanol–water partition coefficient (Wildman–Crippen LogP) is 3.94. The lowest BCUT2D eigenvalue weighted by atomic mass is 9.59. The Morgan fingerprint density at radius 3 is 2.41 bits per heavy atom. The summed E-state index contributed by atoms with van der Waals surface area (Å²) in [5.74, 6) is 0.995. The SMILES string of the molecule is COc1cc(OC2CCC(NC(=O)c3cnc(OC4CC5(CCC(O)CC5)C4)nc3)CC2)ccc1C#N. The third-order valence-electron chi connectivity index (χ3n) is 8.11. The number of methoxy groups -OCH3 is 1. The zero-order chi connectivity index (χ0) is 25.8. The van der Waals surface area contributed by atoms with Gasteiger partial charge in [-0.2, -0.15) is 5.26 Å². The van der Waals surface area contributed by atoms with Crippen LogP contribution < -0.4 is 19.5 Å². The number of benzene rings is 1. The molecule has 1 spiro atoms. The van der Waals surface area contributed by atoms with Crippen molar-refractivity contribution in [1.82, 2.24) is 15.3 Å². The maximum absolute atomic E-state index is 12.7. The molecule has 0 atom stereocenters. The van der Waals surface area contributed by atoms with Crippen molar-refractivity contribution in [2.75, 3.05) is 7.11 Å². The second kappa shape index (κ2) is 10.9. The lowest BCUT2D eigenvalue weighted by Crippen LogP contribution is -2.47. The number of nitrogens with one attached hydrogen (secondary N) is 1. The molecule has 3 aliphatic rings. The van der Waals surface area contributed by atoms with E-state index in [1.165, 1.54) is 19.5 Å². The number of amides is 1. The number of aliphatic hydroxyl groups excluding tert-OH is 1. The minimum atomic E-state index is -0.184. The minimum absolute atomic E-state index is 0.0508. The number of nitrogens with zero attached hydrogens (tertiary/aromatic N) is 3. The fourth-order valence-electron chi connectivity index (χ4n) is 5.88. The summed E-state index contributed by atoms with van der Waals surface area (Å²) < 4.78 is 17.3. The topological polar surface area (TPSA) is 127 Å². The van der Waals surface area contributed by atoms with Gasteiger partial charge in [0.2, 0.25) is 0 Å². The standard InChI is InChI=1S/C28H34N4O5/c1-35-25-12-23(5-2-18(25)15-29)36-22-6-3-20(4-7-22)32-26(34)19-16-30-27(31-17-19)37-24-13-28(14-24)10-8-21(33)9-11-28/h2,5,12,16-17,20-22,24,33H,3-4,6-11,13-14H2,1H3,(H,32,34). The van der Waals surface area contributed by atoms with Gasteiger partial charge in [-0.1, -0.05) is 0 Å². The van der Waals surface area contributed by atoms with E-state index in [4.69, 9.17) is 19.5 Å². The highest BCUT2D eigenvalue weighted by Gasteiger charge is 2.47. The highest BCUT2D eigenvalue weighted by molar-refractivity contribution is 5.93. The fourth-order valence-corrected chi connectivity index (χ4v) is 5.88. The fraction of sp³-hybridized carbons (Fsp3) is 0.571. The van der Waals surface area contributed by atoms with Gasteiger partial charge in [0, 0.05) is 24.5 Å². The number of aromatic nitrogens is 2. The van der Waals surface area contributed by atoms with Gasteiger partial charge in [0.15, 0.2) is 0 Å². The van der Waals surface area contributed by atoms with Crippen LogP contribution in [0.3, 0.4) is 0 Å². The van der Waals surface area contributed by atoms with Crippen LogP contribution in [0.1, 0.15) is 80.1 Å². The van der Waals surface area contributed by atoms with Crippen LogP contribution in [-0.4, -0.2) is 52.4 Å². The molecule has 3 fully saturated rings. The average Bonchev–Trinajstić information content (AvgIpc) is 2.90. The first-order chi connectivity index (χ1) is 17.9. The van der Waals surface area contributed by atoms with Crippen LogP contribution in [0.5, 0.6) is 17.5 Å². The van der Waals surface area contributed by atoms with Gasteiger partial charge >= 0.3 is 6.01 Å². The van der Waals surface area contributed by atoms with Crippen LogP contribution in [0.15, 0.2) is 30.6 Å². The number of hydrogen-bond donors (Lipinski definition) is 2. The van der Waals surface area contributed by atoms with Gasteiger partial charge in [0.1, 0.15) is 23.7 Å². The number of ether oxygens (including phenoxy) is 3. The van der Waals surface area contributed by atoms with Crippen molar-refractivity contribution in [3.05, 3.63) is 41.7 Å². The molecule has 2 aromatic rings. The number of nitriles is 1. The first-order valence-electron chi connectivity index (χ1n) is 13.2. The molecule has 1 amide bonds. The maximum atomic E-state index is 12.7. The molecule has 1 aromatic heterocycles. The van der Waals surface area contributed by atoms with Crippen LogP contribution in [-0.2, 0) is 0 Å². The molecule has 0 bridgehead atoms. The van der Waals surface area contributed by atoms with E-state index >= 15 is 0 Å². The number of carbonyl (C=O) groups is 1. The molecule has 0 unspecified atom stereocenters. The van der Waals surface area contributed by atoms with Crippen LogP contribution in [0, 0.1) is 16.7 Å². The largest absolute Gasteiger partial charge is 0.495 e. The van der Waals surface area contributed by atoms with Crippen LogP contribution in [0.4, 0.5) is 0 Å². The lowest BCUT2D eigenvalue weighted by molar-refractivity contribution is -0.0645. The first kappa shape index (κ1) is 25.3. The van der Waals surface area contributed by atoms with Gasteiger partial charge < -0.3 is 24.6 Å². The second-order valence-corrected chi connectivity index (χ2v) is 10.7. The number of hydrogen-bond acceptors (Lipinski definition) is 8. The van der Waals surface area contributed by atoms with Crippen molar-refractivity contribution in [3.63, 3.8) is 0 Å². The van der Waals surface area contributed by atoms with Gasteiger partial charge in [0.05, 0.1) is 30.4 Å². The Hall–Kier alpha value is -3.38. The molecule has 3 aliphatic carbocycles. The van der Waals surface area contributed by atoms with E-state index in [-0.39, 0.29) is 30.3 Å². The molecule has 1 aromatic carbocycles. The minimum Gasteiger partial charge on any atom is -0.495 e. The molecule has 0 aliphatic heterocycles. The number of carbonyl (C=O) groups excluding carboxylic acids is 1. The molecule has 0 saturated heterocycles. The van der Waals surface area contributed by atoms with Crippen LogP contribution >= 0.6 is 0 Å². The zero-order valence-electron chi connectivity index (χ0n) is 21.2. The molecule has 1 heterocycles. The summed E-state index contributed by atoms with van der Waals surface area (Å²) in [5, 5.41) is 21.9. The highest BCUT2D eigenvalue weighted by atomic mass is 16.5. The molecule has 9 nitrogen and oxygen atoms in total. The van der Waals surface area contributed by atoms with Crippen molar-refractivity contribution >= 4 is 5.91 Å². The second-order valence-electron chi connectivity index (χ2n) is 10.7. The van der Waals surface area contributed by atoms with E-state index in [9.17, 15) is 9.90 Å². The van der Waals surface area contributed by atoms with E-state index < -0.39 is 0 Å². The Morgan fingerprint density at radius 2 is 1.76 bits per heavy atom. The van der Waals surface area contributed by atoms with Crippen molar-refractivity contribution in [1.29, 1.82) is 5.26 Å². The molecular formula is C28H34N4O5. The number of aliphatic hydroxyl groups is 1. The molecular weight excluding hydrogens is 472 g/mol. The first-order valence-corrected chi connectivity index (χ1v) is 13.2. The third kappa shape index (κ3) is 5.96. The van der Waals surface area contributed by atoms with Crippen molar-refractivity contribution < 1.29 is 24.1 Å². The summed E-state index contributed by atoms with van der Waals surface area (Å²) in [6.45, 7) is 0. The summed E-state index contributed by atoms with van der Waals surface area (Å²) in [6.07, 6.45) is 12.2. The molecule has 9 heteroatoms.